The lowest BCUT2D eigenvalue weighted by Gasteiger charge is -2.07. The van der Waals surface area contributed by atoms with Crippen LogP contribution in [0, 0.1) is 0 Å². The summed E-state index contributed by atoms with van der Waals surface area (Å²) < 4.78 is 1.54. The topological polar surface area (TPSA) is 68.0 Å². The highest BCUT2D eigenvalue weighted by Gasteiger charge is 2.16. The number of carbonyl (C=O) groups excluding carboxylic acids is 1. The van der Waals surface area contributed by atoms with Gasteiger partial charge in [-0.1, -0.05) is 28.9 Å². The predicted molar refractivity (Wildman–Crippen MR) is 78.9 cm³/mol. The van der Waals surface area contributed by atoms with Gasteiger partial charge in [0.25, 0.3) is 0 Å². The molecule has 0 saturated carbocycles. The van der Waals surface area contributed by atoms with Crippen LogP contribution >= 0.6 is 11.6 Å². The Balaban J connectivity index is 2.21. The summed E-state index contributed by atoms with van der Waals surface area (Å²) in [5, 5.41) is 17.8. The maximum absolute atomic E-state index is 11.2. The quantitative estimate of drug-likeness (QED) is 0.755. The first-order valence-electron chi connectivity index (χ1n) is 6.15. The summed E-state index contributed by atoms with van der Waals surface area (Å²) in [4.78, 5) is 11.2. The number of aromatic nitrogens is 3. The largest absolute Gasteiger partial charge is 0.508 e. The van der Waals surface area contributed by atoms with Crippen molar-refractivity contribution in [3.05, 3.63) is 59.2 Å². The molecule has 1 N–H and O–H groups in total. The predicted octanol–water partition coefficient (Wildman–Crippen LogP) is 3.11. The molecule has 104 valence electrons. The molecule has 0 aliphatic carbocycles. The number of halogens is 1. The van der Waals surface area contributed by atoms with Gasteiger partial charge in [0.05, 0.1) is 5.69 Å². The summed E-state index contributed by atoms with van der Waals surface area (Å²) in [6, 6.07) is 13.6. The van der Waals surface area contributed by atoms with Gasteiger partial charge in [-0.05, 0) is 36.4 Å². The lowest BCUT2D eigenvalue weighted by atomic mass is 10.1. The second-order valence-electron chi connectivity index (χ2n) is 4.38. The van der Waals surface area contributed by atoms with Gasteiger partial charge in [0.1, 0.15) is 11.4 Å². The molecule has 6 heteroatoms. The average molecular weight is 300 g/mol. The smallest absolute Gasteiger partial charge is 0.172 e. The highest BCUT2D eigenvalue weighted by molar-refractivity contribution is 6.30. The fourth-order valence-corrected chi connectivity index (χ4v) is 2.24. The Morgan fingerprint density at radius 1 is 1.14 bits per heavy atom. The average Bonchev–Trinajstić information content (AvgIpc) is 2.92. The van der Waals surface area contributed by atoms with E-state index in [0.717, 1.165) is 5.56 Å². The van der Waals surface area contributed by atoms with Gasteiger partial charge in [-0.15, -0.1) is 5.10 Å². The molecule has 1 heterocycles. The maximum Gasteiger partial charge on any atom is 0.172 e. The summed E-state index contributed by atoms with van der Waals surface area (Å²) in [5.74, 6) is 0.152. The number of aromatic hydroxyl groups is 1. The van der Waals surface area contributed by atoms with Crippen LogP contribution in [-0.2, 0) is 0 Å². The molecule has 3 aromatic rings. The van der Waals surface area contributed by atoms with Crippen LogP contribution in [0.3, 0.4) is 0 Å². The molecule has 5 nitrogen and oxygen atoms in total. The summed E-state index contributed by atoms with van der Waals surface area (Å²) in [7, 11) is 0. The van der Waals surface area contributed by atoms with Crippen molar-refractivity contribution in [3.63, 3.8) is 0 Å². The van der Waals surface area contributed by atoms with Gasteiger partial charge in [-0.3, -0.25) is 4.79 Å². The lowest BCUT2D eigenvalue weighted by Crippen LogP contribution is -1.99. The van der Waals surface area contributed by atoms with Gasteiger partial charge in [0, 0.05) is 10.6 Å². The van der Waals surface area contributed by atoms with Gasteiger partial charge in [0.15, 0.2) is 12.0 Å². The van der Waals surface area contributed by atoms with E-state index in [0.29, 0.717) is 22.7 Å². The van der Waals surface area contributed by atoms with Crippen LogP contribution in [0.4, 0.5) is 0 Å². The first-order valence-corrected chi connectivity index (χ1v) is 6.53. The van der Waals surface area contributed by atoms with Crippen molar-refractivity contribution in [1.29, 1.82) is 0 Å². The minimum Gasteiger partial charge on any atom is -0.508 e. The molecule has 1 aromatic heterocycles. The molecule has 2 aromatic carbocycles. The van der Waals surface area contributed by atoms with E-state index in [-0.39, 0.29) is 11.4 Å². The molecule has 0 aliphatic heterocycles. The van der Waals surface area contributed by atoms with E-state index in [9.17, 15) is 9.90 Å². The van der Waals surface area contributed by atoms with Crippen LogP contribution < -0.4 is 0 Å². The molecule has 0 saturated heterocycles. The standard InChI is InChI=1S/C15H10ClN3O2/c16-11-3-1-2-10(8-11)15-14(9-20)17-18-19(15)12-4-6-13(21)7-5-12/h1-9,21H. The molecular weight excluding hydrogens is 290 g/mol. The Bertz CT molecular complexity index is 797. The summed E-state index contributed by atoms with van der Waals surface area (Å²) in [6.45, 7) is 0. The fraction of sp³-hybridized carbons (Fsp3) is 0. The molecule has 0 spiro atoms. The number of carbonyl (C=O) groups is 1. The van der Waals surface area contributed by atoms with Crippen molar-refractivity contribution in [2.24, 2.45) is 0 Å². The first-order chi connectivity index (χ1) is 10.2. The van der Waals surface area contributed by atoms with Gasteiger partial charge in [-0.2, -0.15) is 0 Å². The van der Waals surface area contributed by atoms with Gasteiger partial charge < -0.3 is 5.11 Å². The van der Waals surface area contributed by atoms with E-state index in [1.807, 2.05) is 6.07 Å². The van der Waals surface area contributed by atoms with Crippen LogP contribution in [-0.4, -0.2) is 26.4 Å². The second-order valence-corrected chi connectivity index (χ2v) is 4.82. The Hall–Kier alpha value is -2.66. The van der Waals surface area contributed by atoms with Gasteiger partial charge in [0.2, 0.25) is 0 Å². The third-order valence-electron chi connectivity index (χ3n) is 3.00. The molecule has 0 fully saturated rings. The second kappa shape index (κ2) is 5.38. The van der Waals surface area contributed by atoms with Crippen molar-refractivity contribution < 1.29 is 9.90 Å². The van der Waals surface area contributed by atoms with Crippen LogP contribution in [0.25, 0.3) is 16.9 Å². The SMILES string of the molecule is O=Cc1nnn(-c2ccc(O)cc2)c1-c1cccc(Cl)c1. The van der Waals surface area contributed by atoms with Gasteiger partial charge in [-0.25, -0.2) is 4.68 Å². The summed E-state index contributed by atoms with van der Waals surface area (Å²) >= 11 is 6.00. The zero-order valence-electron chi connectivity index (χ0n) is 10.8. The first kappa shape index (κ1) is 13.3. The van der Waals surface area contributed by atoms with E-state index >= 15 is 0 Å². The van der Waals surface area contributed by atoms with E-state index in [1.165, 1.54) is 4.68 Å². The van der Waals surface area contributed by atoms with Crippen molar-refractivity contribution >= 4 is 17.9 Å². The van der Waals surface area contributed by atoms with E-state index in [4.69, 9.17) is 11.6 Å². The molecular formula is C15H10ClN3O2. The number of rotatable bonds is 3. The highest BCUT2D eigenvalue weighted by Crippen LogP contribution is 2.27. The number of phenols is 1. The summed E-state index contributed by atoms with van der Waals surface area (Å²) in [5.41, 5.74) is 2.20. The van der Waals surface area contributed by atoms with Crippen molar-refractivity contribution in [1.82, 2.24) is 15.0 Å². The molecule has 0 bridgehead atoms. The van der Waals surface area contributed by atoms with Crippen LogP contribution in [0.2, 0.25) is 5.02 Å². The summed E-state index contributed by atoms with van der Waals surface area (Å²) in [6.07, 6.45) is 0.653. The number of benzene rings is 2. The number of hydrogen-bond acceptors (Lipinski definition) is 4. The number of phenolic OH excluding ortho intramolecular Hbond substituents is 1. The molecule has 0 aliphatic rings. The van der Waals surface area contributed by atoms with E-state index < -0.39 is 0 Å². The number of nitrogens with zero attached hydrogens (tertiary/aromatic N) is 3. The molecule has 21 heavy (non-hydrogen) atoms. The number of aldehydes is 1. The zero-order valence-corrected chi connectivity index (χ0v) is 11.5. The molecule has 3 rings (SSSR count). The van der Waals surface area contributed by atoms with E-state index in [1.54, 1.807) is 42.5 Å². The van der Waals surface area contributed by atoms with E-state index in [2.05, 4.69) is 10.3 Å². The number of hydrogen-bond donors (Lipinski definition) is 1. The normalized spacial score (nSPS) is 10.5. The zero-order chi connectivity index (χ0) is 14.8. The molecule has 0 unspecified atom stereocenters. The minimum absolute atomic E-state index is 0.152. The van der Waals surface area contributed by atoms with Crippen LogP contribution in [0.5, 0.6) is 5.75 Å². The van der Waals surface area contributed by atoms with Crippen molar-refractivity contribution in [2.45, 2.75) is 0 Å². The third kappa shape index (κ3) is 2.51. The molecule has 0 amide bonds. The lowest BCUT2D eigenvalue weighted by molar-refractivity contribution is 0.111. The Morgan fingerprint density at radius 2 is 1.90 bits per heavy atom. The van der Waals surface area contributed by atoms with Crippen molar-refractivity contribution in [3.8, 4) is 22.7 Å². The maximum atomic E-state index is 11.2. The monoisotopic (exact) mass is 299 g/mol. The fourth-order valence-electron chi connectivity index (χ4n) is 2.05. The van der Waals surface area contributed by atoms with Crippen LogP contribution in [0.15, 0.2) is 48.5 Å². The molecule has 0 atom stereocenters. The Labute approximate surface area is 125 Å². The molecule has 0 radical (unpaired) electrons. The van der Waals surface area contributed by atoms with Crippen LogP contribution in [0.1, 0.15) is 10.5 Å². The minimum atomic E-state index is 0.152. The third-order valence-corrected chi connectivity index (χ3v) is 3.24. The highest BCUT2D eigenvalue weighted by atomic mass is 35.5. The van der Waals surface area contributed by atoms with Crippen molar-refractivity contribution in [2.75, 3.05) is 0 Å². The Morgan fingerprint density at radius 3 is 2.57 bits per heavy atom. The van der Waals surface area contributed by atoms with Gasteiger partial charge >= 0.3 is 0 Å². The Kier molecular flexibility index (Phi) is 3.41.